The molecule has 0 fully saturated rings. The molecule has 0 aliphatic rings. The van der Waals surface area contributed by atoms with Crippen LogP contribution in [0, 0.1) is 11.3 Å². The van der Waals surface area contributed by atoms with Crippen molar-refractivity contribution in [3.63, 3.8) is 0 Å². The van der Waals surface area contributed by atoms with Gasteiger partial charge < -0.3 is 4.74 Å². The highest BCUT2D eigenvalue weighted by Gasteiger charge is 2.42. The van der Waals surface area contributed by atoms with E-state index in [4.69, 9.17) is 5.26 Å². The van der Waals surface area contributed by atoms with E-state index in [0.29, 0.717) is 0 Å². The lowest BCUT2D eigenvalue weighted by Gasteiger charge is -2.18. The van der Waals surface area contributed by atoms with Crippen molar-refractivity contribution >= 4 is 17.7 Å². The van der Waals surface area contributed by atoms with Crippen molar-refractivity contribution in [2.45, 2.75) is 29.9 Å². The fraction of sp³-hybridized carbons (Fsp3) is 0.385. The topological polar surface area (TPSA) is 50.1 Å². The summed E-state index contributed by atoms with van der Waals surface area (Å²) in [6.45, 7) is 1.35. The number of halogens is 6. The number of alkyl halides is 6. The summed E-state index contributed by atoms with van der Waals surface area (Å²) >= 11 is -1.03. The van der Waals surface area contributed by atoms with Gasteiger partial charge in [0.2, 0.25) is 0 Å². The maximum atomic E-state index is 13.2. The Balaban J connectivity index is 3.51. The number of ether oxygens (including phenoxy) is 1. The Morgan fingerprint density at radius 2 is 1.87 bits per heavy atom. The number of benzene rings is 1. The monoisotopic (exact) mass is 357 g/mol. The van der Waals surface area contributed by atoms with E-state index in [0.717, 1.165) is 12.1 Å². The van der Waals surface area contributed by atoms with E-state index in [1.807, 2.05) is 0 Å². The maximum absolute atomic E-state index is 13.2. The van der Waals surface area contributed by atoms with Crippen molar-refractivity contribution in [1.29, 1.82) is 5.26 Å². The molecule has 0 heterocycles. The standard InChI is InChI=1S/C13H9F6NO2S/c1-2-22-9(21)5-7-3-4-8(6-20)11(23-13(17,18)19)10(7)12(14,15)16/h3-4H,2,5H2,1H3. The molecule has 23 heavy (non-hydrogen) atoms. The van der Waals surface area contributed by atoms with Gasteiger partial charge in [0.1, 0.15) is 6.07 Å². The first kappa shape index (κ1) is 19.2. The van der Waals surface area contributed by atoms with Gasteiger partial charge in [-0.2, -0.15) is 31.6 Å². The van der Waals surface area contributed by atoms with E-state index in [-0.39, 0.29) is 6.61 Å². The molecule has 0 amide bonds. The number of rotatable bonds is 4. The molecule has 0 unspecified atom stereocenters. The van der Waals surface area contributed by atoms with Gasteiger partial charge in [0, 0.05) is 4.90 Å². The lowest BCUT2D eigenvalue weighted by Crippen LogP contribution is -2.17. The van der Waals surface area contributed by atoms with Crippen molar-refractivity contribution in [1.82, 2.24) is 0 Å². The molecule has 126 valence electrons. The minimum Gasteiger partial charge on any atom is -0.466 e. The molecule has 0 atom stereocenters. The van der Waals surface area contributed by atoms with Crippen LogP contribution < -0.4 is 0 Å². The number of nitriles is 1. The van der Waals surface area contributed by atoms with E-state index in [1.54, 1.807) is 0 Å². The molecule has 0 spiro atoms. The first-order valence-corrected chi connectivity index (χ1v) is 6.85. The first-order chi connectivity index (χ1) is 10.5. The van der Waals surface area contributed by atoms with Crippen molar-refractivity contribution < 1.29 is 35.9 Å². The third kappa shape index (κ3) is 5.35. The van der Waals surface area contributed by atoms with Crippen molar-refractivity contribution in [2.24, 2.45) is 0 Å². The van der Waals surface area contributed by atoms with Crippen LogP contribution in [-0.4, -0.2) is 18.1 Å². The Kier molecular flexibility index (Phi) is 5.93. The van der Waals surface area contributed by atoms with Gasteiger partial charge in [-0.05, 0) is 30.3 Å². The predicted octanol–water partition coefficient (Wildman–Crippen LogP) is 4.29. The van der Waals surface area contributed by atoms with E-state index in [2.05, 4.69) is 4.74 Å². The van der Waals surface area contributed by atoms with Gasteiger partial charge in [0.15, 0.2) is 0 Å². The van der Waals surface area contributed by atoms with Crippen LogP contribution in [0.1, 0.15) is 23.6 Å². The van der Waals surface area contributed by atoms with Crippen LogP contribution in [0.15, 0.2) is 17.0 Å². The van der Waals surface area contributed by atoms with E-state index < -0.39 is 57.4 Å². The Morgan fingerprint density at radius 3 is 2.30 bits per heavy atom. The summed E-state index contributed by atoms with van der Waals surface area (Å²) in [5, 5.41) is 8.77. The molecule has 1 aromatic carbocycles. The number of carbonyl (C=O) groups is 1. The van der Waals surface area contributed by atoms with E-state index >= 15 is 0 Å². The molecule has 3 nitrogen and oxygen atoms in total. The van der Waals surface area contributed by atoms with Gasteiger partial charge >= 0.3 is 17.7 Å². The summed E-state index contributed by atoms with van der Waals surface area (Å²) in [5.74, 6) is -1.01. The summed E-state index contributed by atoms with van der Waals surface area (Å²) in [6, 6.07) is 2.92. The van der Waals surface area contributed by atoms with Crippen molar-refractivity contribution in [2.75, 3.05) is 6.61 Å². The van der Waals surface area contributed by atoms with Gasteiger partial charge in [-0.25, -0.2) is 0 Å². The van der Waals surface area contributed by atoms with Gasteiger partial charge in [-0.1, -0.05) is 6.07 Å². The summed E-state index contributed by atoms with van der Waals surface area (Å²) in [4.78, 5) is 10.1. The Morgan fingerprint density at radius 1 is 1.26 bits per heavy atom. The van der Waals surface area contributed by atoms with Crippen LogP contribution in [0.3, 0.4) is 0 Å². The molecule has 0 aliphatic carbocycles. The molecule has 0 saturated carbocycles. The quantitative estimate of drug-likeness (QED) is 0.458. The molecular weight excluding hydrogens is 348 g/mol. The Bertz CT molecular complexity index is 633. The number of carbonyl (C=O) groups excluding carboxylic acids is 1. The third-order valence-corrected chi connectivity index (χ3v) is 3.37. The van der Waals surface area contributed by atoms with E-state index in [9.17, 15) is 31.1 Å². The molecule has 0 N–H and O–H groups in total. The summed E-state index contributed by atoms with van der Waals surface area (Å²) in [7, 11) is 0. The van der Waals surface area contributed by atoms with Gasteiger partial charge in [-0.3, -0.25) is 4.79 Å². The molecule has 0 radical (unpaired) electrons. The molecule has 1 rings (SSSR count). The first-order valence-electron chi connectivity index (χ1n) is 6.04. The van der Waals surface area contributed by atoms with Crippen LogP contribution in [0.25, 0.3) is 0 Å². The molecule has 0 aromatic heterocycles. The highest BCUT2D eigenvalue weighted by atomic mass is 32.2. The zero-order valence-electron chi connectivity index (χ0n) is 11.5. The lowest BCUT2D eigenvalue weighted by molar-refractivity contribution is -0.144. The van der Waals surface area contributed by atoms with Crippen molar-refractivity contribution in [3.05, 3.63) is 28.8 Å². The number of hydrogen-bond donors (Lipinski definition) is 0. The number of esters is 1. The SMILES string of the molecule is CCOC(=O)Cc1ccc(C#N)c(SC(F)(F)F)c1C(F)(F)F. The van der Waals surface area contributed by atoms with Crippen LogP contribution in [0.5, 0.6) is 0 Å². The minimum atomic E-state index is -5.16. The van der Waals surface area contributed by atoms with Crippen LogP contribution in [-0.2, 0) is 22.1 Å². The predicted molar refractivity (Wildman–Crippen MR) is 68.4 cm³/mol. The van der Waals surface area contributed by atoms with Crippen LogP contribution >= 0.6 is 11.8 Å². The molecule has 1 aromatic rings. The average molecular weight is 357 g/mol. The maximum Gasteiger partial charge on any atom is 0.446 e. The highest BCUT2D eigenvalue weighted by molar-refractivity contribution is 8.00. The zero-order valence-corrected chi connectivity index (χ0v) is 12.3. The molecule has 10 heteroatoms. The van der Waals surface area contributed by atoms with Crippen LogP contribution in [0.2, 0.25) is 0 Å². The molecule has 0 aliphatic heterocycles. The van der Waals surface area contributed by atoms with Crippen molar-refractivity contribution in [3.8, 4) is 6.07 Å². The van der Waals surface area contributed by atoms with Crippen LogP contribution in [0.4, 0.5) is 26.3 Å². The second-order valence-corrected chi connectivity index (χ2v) is 5.19. The Hall–Kier alpha value is -1.89. The molecule has 0 bridgehead atoms. The molecule has 0 saturated heterocycles. The normalized spacial score (nSPS) is 11.9. The fourth-order valence-electron chi connectivity index (χ4n) is 1.76. The number of hydrogen-bond acceptors (Lipinski definition) is 4. The smallest absolute Gasteiger partial charge is 0.446 e. The minimum absolute atomic E-state index is 0.0827. The van der Waals surface area contributed by atoms with E-state index in [1.165, 1.54) is 13.0 Å². The summed E-state index contributed by atoms with van der Waals surface area (Å²) in [5.41, 5.74) is -8.12. The highest BCUT2D eigenvalue weighted by Crippen LogP contribution is 2.46. The third-order valence-electron chi connectivity index (χ3n) is 2.51. The fourth-order valence-corrected chi connectivity index (χ4v) is 2.56. The zero-order chi connectivity index (χ0) is 17.8. The van der Waals surface area contributed by atoms with Gasteiger partial charge in [0.05, 0.1) is 24.2 Å². The van der Waals surface area contributed by atoms with Gasteiger partial charge in [-0.15, -0.1) is 0 Å². The number of nitrogens with zero attached hydrogens (tertiary/aromatic N) is 1. The summed E-state index contributed by atoms with van der Waals surface area (Å²) in [6.07, 6.45) is -6.01. The number of thioether (sulfide) groups is 1. The Labute approximate surface area is 131 Å². The second-order valence-electron chi connectivity index (χ2n) is 4.12. The summed E-state index contributed by atoms with van der Waals surface area (Å²) < 4.78 is 81.7. The average Bonchev–Trinajstić information content (AvgIpc) is 2.35. The molecular formula is C13H9F6NO2S. The largest absolute Gasteiger partial charge is 0.466 e. The van der Waals surface area contributed by atoms with Gasteiger partial charge in [0.25, 0.3) is 0 Å². The second kappa shape index (κ2) is 7.12. The lowest BCUT2D eigenvalue weighted by atomic mass is 10.0.